The molecule has 0 bridgehead atoms. The number of guanidine groups is 1. The summed E-state index contributed by atoms with van der Waals surface area (Å²) in [7, 11) is 4.09. The number of halogens is 1. The molecular weight excluding hydrogens is 465 g/mol. The van der Waals surface area contributed by atoms with Gasteiger partial charge in [0.15, 0.2) is 5.96 Å². The summed E-state index contributed by atoms with van der Waals surface area (Å²) in [5, 5.41) is 6.25. The van der Waals surface area contributed by atoms with Gasteiger partial charge in [-0.15, -0.1) is 24.0 Å². The second kappa shape index (κ2) is 11.7. The van der Waals surface area contributed by atoms with E-state index in [1.165, 1.54) is 5.69 Å². The second-order valence-corrected chi connectivity index (χ2v) is 6.98. The van der Waals surface area contributed by atoms with Gasteiger partial charge in [-0.2, -0.15) is 0 Å². The number of carbonyl (C=O) groups excluding carboxylic acids is 1. The van der Waals surface area contributed by atoms with Crippen LogP contribution in [-0.4, -0.2) is 34.9 Å². The number of anilines is 1. The summed E-state index contributed by atoms with van der Waals surface area (Å²) in [4.78, 5) is 18.6. The third-order valence-corrected chi connectivity index (χ3v) is 4.30. The zero-order valence-electron chi connectivity index (χ0n) is 17.4. The van der Waals surface area contributed by atoms with Gasteiger partial charge >= 0.3 is 0 Å². The van der Waals surface area contributed by atoms with Crippen LogP contribution in [-0.2, 0) is 24.9 Å². The first-order valence-corrected chi connectivity index (χ1v) is 9.40. The number of carbonyl (C=O) groups is 1. The van der Waals surface area contributed by atoms with Crippen molar-refractivity contribution in [1.29, 1.82) is 0 Å². The van der Waals surface area contributed by atoms with Crippen molar-refractivity contribution >= 4 is 41.5 Å². The molecule has 1 aromatic carbocycles. The number of hydrogen-bond donors (Lipinski definition) is 2. The highest BCUT2D eigenvalue weighted by Gasteiger charge is 2.09. The first kappa shape index (κ1) is 24.0. The van der Waals surface area contributed by atoms with Gasteiger partial charge in [0.25, 0.3) is 0 Å². The van der Waals surface area contributed by atoms with Crippen molar-refractivity contribution in [3.05, 3.63) is 53.9 Å². The smallest absolute Gasteiger partial charge is 0.226 e. The molecule has 0 aliphatic heterocycles. The minimum atomic E-state index is -0.0308. The van der Waals surface area contributed by atoms with E-state index in [9.17, 15) is 4.79 Å². The number of benzene rings is 1. The maximum atomic E-state index is 11.8. The SMILES string of the molecule is CCNC(=NCc1ccc(NC(=O)C(C)C)cc1)N(C)Cc1cccn1C.I. The molecule has 0 aliphatic carbocycles. The fraction of sp³-hybridized carbons (Fsp3) is 0.429. The Hall–Kier alpha value is -2.03. The number of nitrogens with one attached hydrogen (secondary N) is 2. The van der Waals surface area contributed by atoms with Gasteiger partial charge in [-0.1, -0.05) is 26.0 Å². The van der Waals surface area contributed by atoms with Crippen molar-refractivity contribution in [2.75, 3.05) is 18.9 Å². The topological polar surface area (TPSA) is 61.7 Å². The molecule has 2 aromatic rings. The molecule has 0 fully saturated rings. The summed E-state index contributed by atoms with van der Waals surface area (Å²) in [6.45, 7) is 8.02. The molecule has 1 heterocycles. The second-order valence-electron chi connectivity index (χ2n) is 6.98. The highest BCUT2D eigenvalue weighted by molar-refractivity contribution is 14.0. The first-order valence-electron chi connectivity index (χ1n) is 9.40. The van der Waals surface area contributed by atoms with Crippen LogP contribution in [0.2, 0.25) is 0 Å². The minimum absolute atomic E-state index is 0. The van der Waals surface area contributed by atoms with E-state index in [2.05, 4.69) is 33.1 Å². The summed E-state index contributed by atoms with van der Waals surface area (Å²) >= 11 is 0. The zero-order valence-corrected chi connectivity index (χ0v) is 19.7. The highest BCUT2D eigenvalue weighted by atomic mass is 127. The average Bonchev–Trinajstić information content (AvgIpc) is 3.04. The van der Waals surface area contributed by atoms with Crippen molar-refractivity contribution in [2.45, 2.75) is 33.9 Å². The van der Waals surface area contributed by atoms with E-state index >= 15 is 0 Å². The van der Waals surface area contributed by atoms with Crippen molar-refractivity contribution in [2.24, 2.45) is 18.0 Å². The van der Waals surface area contributed by atoms with Crippen molar-refractivity contribution in [3.8, 4) is 0 Å². The summed E-state index contributed by atoms with van der Waals surface area (Å²) < 4.78 is 2.12. The lowest BCUT2D eigenvalue weighted by Gasteiger charge is -2.22. The lowest BCUT2D eigenvalue weighted by molar-refractivity contribution is -0.118. The molecule has 0 saturated heterocycles. The molecule has 6 nitrogen and oxygen atoms in total. The lowest BCUT2D eigenvalue weighted by Crippen LogP contribution is -2.38. The molecule has 1 aromatic heterocycles. The van der Waals surface area contributed by atoms with E-state index in [-0.39, 0.29) is 35.8 Å². The first-order chi connectivity index (χ1) is 12.9. The van der Waals surface area contributed by atoms with Gasteiger partial charge in [-0.25, -0.2) is 4.99 Å². The predicted molar refractivity (Wildman–Crippen MR) is 127 cm³/mol. The Morgan fingerprint density at radius 1 is 1.21 bits per heavy atom. The van der Waals surface area contributed by atoms with Crippen LogP contribution >= 0.6 is 24.0 Å². The molecule has 1 amide bonds. The monoisotopic (exact) mass is 497 g/mol. The molecule has 0 radical (unpaired) electrons. The number of amides is 1. The Labute approximate surface area is 185 Å². The Morgan fingerprint density at radius 2 is 1.89 bits per heavy atom. The molecule has 0 aliphatic rings. The molecule has 0 atom stereocenters. The van der Waals surface area contributed by atoms with Crippen LogP contribution in [0.4, 0.5) is 5.69 Å². The quantitative estimate of drug-likeness (QED) is 0.347. The number of aromatic nitrogens is 1. The van der Waals surface area contributed by atoms with Crippen LogP contribution in [0, 0.1) is 5.92 Å². The number of rotatable bonds is 7. The molecule has 0 saturated carbocycles. The zero-order chi connectivity index (χ0) is 19.8. The fourth-order valence-corrected chi connectivity index (χ4v) is 2.59. The van der Waals surface area contributed by atoms with Gasteiger partial charge in [-0.05, 0) is 36.8 Å². The summed E-state index contributed by atoms with van der Waals surface area (Å²) in [5.74, 6) is 0.866. The van der Waals surface area contributed by atoms with Gasteiger partial charge in [-0.3, -0.25) is 4.79 Å². The van der Waals surface area contributed by atoms with E-state index in [1.807, 2.05) is 64.5 Å². The van der Waals surface area contributed by atoms with Gasteiger partial charge in [0.1, 0.15) is 0 Å². The van der Waals surface area contributed by atoms with Gasteiger partial charge in [0, 0.05) is 44.1 Å². The Balaban J connectivity index is 0.00000392. The molecule has 0 spiro atoms. The lowest BCUT2D eigenvalue weighted by atomic mass is 10.2. The maximum absolute atomic E-state index is 11.8. The number of nitrogens with zero attached hydrogens (tertiary/aromatic N) is 3. The van der Waals surface area contributed by atoms with Crippen LogP contribution in [0.5, 0.6) is 0 Å². The van der Waals surface area contributed by atoms with E-state index in [1.54, 1.807) is 0 Å². The molecule has 2 rings (SSSR count). The van der Waals surface area contributed by atoms with E-state index < -0.39 is 0 Å². The number of aryl methyl sites for hydroxylation is 1. The highest BCUT2D eigenvalue weighted by Crippen LogP contribution is 2.12. The number of aliphatic imine (C=N–C) groups is 1. The van der Waals surface area contributed by atoms with Crippen molar-refractivity contribution in [1.82, 2.24) is 14.8 Å². The Bertz CT molecular complexity index is 767. The largest absolute Gasteiger partial charge is 0.357 e. The molecule has 28 heavy (non-hydrogen) atoms. The van der Waals surface area contributed by atoms with Crippen LogP contribution in [0.1, 0.15) is 32.0 Å². The maximum Gasteiger partial charge on any atom is 0.226 e. The fourth-order valence-electron chi connectivity index (χ4n) is 2.59. The number of hydrogen-bond acceptors (Lipinski definition) is 2. The van der Waals surface area contributed by atoms with E-state index in [4.69, 9.17) is 4.99 Å². The third kappa shape index (κ3) is 7.18. The van der Waals surface area contributed by atoms with Crippen LogP contribution in [0.25, 0.3) is 0 Å². The van der Waals surface area contributed by atoms with Crippen molar-refractivity contribution in [3.63, 3.8) is 0 Å². The average molecular weight is 497 g/mol. The van der Waals surface area contributed by atoms with E-state index in [0.29, 0.717) is 6.54 Å². The summed E-state index contributed by atoms with van der Waals surface area (Å²) in [6, 6.07) is 12.0. The van der Waals surface area contributed by atoms with Gasteiger partial charge in [0.05, 0.1) is 13.1 Å². The minimum Gasteiger partial charge on any atom is -0.357 e. The van der Waals surface area contributed by atoms with E-state index in [0.717, 1.165) is 30.3 Å². The summed E-state index contributed by atoms with van der Waals surface area (Å²) in [6.07, 6.45) is 2.05. The van der Waals surface area contributed by atoms with Crippen LogP contribution < -0.4 is 10.6 Å². The molecule has 0 unspecified atom stereocenters. The standard InChI is InChI=1S/C21H31N5O.HI/c1-6-22-21(26(5)15-19-8-7-13-25(19)4)23-14-17-9-11-18(12-10-17)24-20(27)16(2)3;/h7-13,16H,6,14-15H2,1-5H3,(H,22,23)(H,24,27);1H. The van der Waals surface area contributed by atoms with Crippen LogP contribution in [0.15, 0.2) is 47.6 Å². The molecule has 7 heteroatoms. The normalized spacial score (nSPS) is 11.1. The third-order valence-electron chi connectivity index (χ3n) is 4.30. The summed E-state index contributed by atoms with van der Waals surface area (Å²) in [5.41, 5.74) is 3.14. The van der Waals surface area contributed by atoms with Gasteiger partial charge in [0.2, 0.25) is 5.91 Å². The predicted octanol–water partition coefficient (Wildman–Crippen LogP) is 3.84. The molecular formula is C21H32IN5O. The Morgan fingerprint density at radius 3 is 2.43 bits per heavy atom. The van der Waals surface area contributed by atoms with Gasteiger partial charge < -0.3 is 20.1 Å². The van der Waals surface area contributed by atoms with Crippen LogP contribution in [0.3, 0.4) is 0 Å². The Kier molecular flexibility index (Phi) is 10.1. The van der Waals surface area contributed by atoms with Crippen molar-refractivity contribution < 1.29 is 4.79 Å². The molecule has 2 N–H and O–H groups in total. The molecule has 154 valence electrons.